The molecule has 0 bridgehead atoms. The second-order valence-electron chi connectivity index (χ2n) is 5.24. The van der Waals surface area contributed by atoms with Crippen LogP contribution in [0.4, 0.5) is 5.82 Å². The lowest BCUT2D eigenvalue weighted by molar-refractivity contribution is 0.501. The third kappa shape index (κ3) is 4.61. The maximum atomic E-state index is 4.48. The molecular weight excluding hydrogens is 224 g/mol. The molecule has 1 aromatic heterocycles. The summed E-state index contributed by atoms with van der Waals surface area (Å²) in [7, 11) is 2.08. The van der Waals surface area contributed by atoms with Gasteiger partial charge in [-0.1, -0.05) is 20.8 Å². The first kappa shape index (κ1) is 14.9. The SMILES string of the molecule is CCNCc1cnc(N(C)C(C)CC(C)C)cn1. The standard InChI is InChI=1S/C14H26N4/c1-6-15-8-13-9-17-14(10-16-13)18(5)12(4)7-11(2)3/h9-12,15H,6-8H2,1-5H3. The van der Waals surface area contributed by atoms with Gasteiger partial charge in [0.15, 0.2) is 0 Å². The zero-order valence-electron chi connectivity index (χ0n) is 12.3. The first-order chi connectivity index (χ1) is 8.54. The Bertz CT molecular complexity index is 334. The van der Waals surface area contributed by atoms with Crippen LogP contribution in [0.3, 0.4) is 0 Å². The van der Waals surface area contributed by atoms with Crippen molar-refractivity contribution in [3.8, 4) is 0 Å². The fourth-order valence-electron chi connectivity index (χ4n) is 1.94. The van der Waals surface area contributed by atoms with Gasteiger partial charge in [-0.25, -0.2) is 4.98 Å². The average Bonchev–Trinajstić information content (AvgIpc) is 2.35. The summed E-state index contributed by atoms with van der Waals surface area (Å²) in [5.41, 5.74) is 0.991. The van der Waals surface area contributed by atoms with Crippen LogP contribution in [0.15, 0.2) is 12.4 Å². The molecule has 0 saturated heterocycles. The number of aromatic nitrogens is 2. The Labute approximate surface area is 111 Å². The molecule has 1 aromatic rings. The molecule has 0 fully saturated rings. The molecule has 0 amide bonds. The first-order valence-electron chi connectivity index (χ1n) is 6.79. The van der Waals surface area contributed by atoms with Gasteiger partial charge in [-0.05, 0) is 25.8 Å². The Morgan fingerprint density at radius 1 is 1.22 bits per heavy atom. The molecule has 18 heavy (non-hydrogen) atoms. The van der Waals surface area contributed by atoms with Crippen LogP contribution in [0.1, 0.15) is 39.8 Å². The number of hydrogen-bond acceptors (Lipinski definition) is 4. The van der Waals surface area contributed by atoms with Gasteiger partial charge >= 0.3 is 0 Å². The molecule has 0 spiro atoms. The summed E-state index contributed by atoms with van der Waals surface area (Å²) in [6.07, 6.45) is 4.89. The van der Waals surface area contributed by atoms with Crippen molar-refractivity contribution < 1.29 is 0 Å². The predicted molar refractivity (Wildman–Crippen MR) is 76.7 cm³/mol. The van der Waals surface area contributed by atoms with Crippen LogP contribution in [0, 0.1) is 5.92 Å². The maximum absolute atomic E-state index is 4.48. The van der Waals surface area contributed by atoms with Crippen LogP contribution < -0.4 is 10.2 Å². The minimum Gasteiger partial charge on any atom is -0.356 e. The highest BCUT2D eigenvalue weighted by atomic mass is 15.2. The van der Waals surface area contributed by atoms with Gasteiger partial charge in [0, 0.05) is 19.6 Å². The minimum atomic E-state index is 0.485. The van der Waals surface area contributed by atoms with Crippen LogP contribution in [-0.2, 0) is 6.54 Å². The molecule has 1 atom stereocenters. The molecule has 4 nitrogen and oxygen atoms in total. The fourth-order valence-corrected chi connectivity index (χ4v) is 1.94. The Kier molecular flexibility index (Phi) is 6.05. The molecule has 102 valence electrons. The maximum Gasteiger partial charge on any atom is 0.147 e. The van der Waals surface area contributed by atoms with E-state index < -0.39 is 0 Å². The minimum absolute atomic E-state index is 0.485. The van der Waals surface area contributed by atoms with Crippen molar-refractivity contribution in [3.63, 3.8) is 0 Å². The van der Waals surface area contributed by atoms with Gasteiger partial charge in [-0.15, -0.1) is 0 Å². The van der Waals surface area contributed by atoms with E-state index in [0.717, 1.165) is 31.0 Å². The van der Waals surface area contributed by atoms with Crippen LogP contribution in [0.2, 0.25) is 0 Å². The molecule has 0 saturated carbocycles. The number of rotatable bonds is 7. The smallest absolute Gasteiger partial charge is 0.147 e. The molecule has 1 heterocycles. The number of nitrogens with one attached hydrogen (secondary N) is 1. The second kappa shape index (κ2) is 7.31. The average molecular weight is 250 g/mol. The number of hydrogen-bond donors (Lipinski definition) is 1. The molecular formula is C14H26N4. The molecule has 1 N–H and O–H groups in total. The molecule has 1 unspecified atom stereocenters. The van der Waals surface area contributed by atoms with E-state index in [1.807, 2.05) is 12.4 Å². The van der Waals surface area contributed by atoms with E-state index in [0.29, 0.717) is 12.0 Å². The second-order valence-corrected chi connectivity index (χ2v) is 5.24. The Balaban J connectivity index is 2.60. The third-order valence-corrected chi connectivity index (χ3v) is 3.08. The zero-order chi connectivity index (χ0) is 13.5. The summed E-state index contributed by atoms with van der Waals surface area (Å²) in [6.45, 7) is 10.5. The van der Waals surface area contributed by atoms with E-state index in [-0.39, 0.29) is 0 Å². The summed E-state index contributed by atoms with van der Waals surface area (Å²) < 4.78 is 0. The van der Waals surface area contributed by atoms with Crippen LogP contribution in [0.25, 0.3) is 0 Å². The van der Waals surface area contributed by atoms with E-state index in [1.54, 1.807) is 0 Å². The molecule has 1 rings (SSSR count). The lowest BCUT2D eigenvalue weighted by Gasteiger charge is -2.27. The Hall–Kier alpha value is -1.16. The van der Waals surface area contributed by atoms with E-state index in [1.165, 1.54) is 0 Å². The summed E-state index contributed by atoms with van der Waals surface area (Å²) in [6, 6.07) is 0.485. The highest BCUT2D eigenvalue weighted by molar-refractivity contribution is 5.35. The Morgan fingerprint density at radius 3 is 2.44 bits per heavy atom. The van der Waals surface area contributed by atoms with Crippen molar-refractivity contribution in [2.45, 2.75) is 46.7 Å². The lowest BCUT2D eigenvalue weighted by atomic mass is 10.0. The van der Waals surface area contributed by atoms with E-state index >= 15 is 0 Å². The summed E-state index contributed by atoms with van der Waals surface area (Å²) >= 11 is 0. The summed E-state index contributed by atoms with van der Waals surface area (Å²) in [5, 5.41) is 3.25. The first-order valence-corrected chi connectivity index (χ1v) is 6.79. The molecule has 0 radical (unpaired) electrons. The molecule has 0 aliphatic heterocycles. The number of anilines is 1. The summed E-state index contributed by atoms with van der Waals surface area (Å²) in [4.78, 5) is 11.1. The van der Waals surface area contributed by atoms with E-state index in [4.69, 9.17) is 0 Å². The van der Waals surface area contributed by atoms with Crippen molar-refractivity contribution in [3.05, 3.63) is 18.1 Å². The number of nitrogens with zero attached hydrogens (tertiary/aromatic N) is 3. The molecule has 0 aliphatic rings. The third-order valence-electron chi connectivity index (χ3n) is 3.08. The Morgan fingerprint density at radius 2 is 1.94 bits per heavy atom. The van der Waals surface area contributed by atoms with Crippen molar-refractivity contribution in [1.29, 1.82) is 0 Å². The fraction of sp³-hybridized carbons (Fsp3) is 0.714. The monoisotopic (exact) mass is 250 g/mol. The molecule has 0 aliphatic carbocycles. The largest absolute Gasteiger partial charge is 0.356 e. The lowest BCUT2D eigenvalue weighted by Crippen LogP contribution is -2.31. The van der Waals surface area contributed by atoms with Gasteiger partial charge in [0.1, 0.15) is 5.82 Å². The van der Waals surface area contributed by atoms with Crippen LogP contribution in [-0.4, -0.2) is 29.6 Å². The zero-order valence-corrected chi connectivity index (χ0v) is 12.3. The van der Waals surface area contributed by atoms with Gasteiger partial charge < -0.3 is 10.2 Å². The van der Waals surface area contributed by atoms with Gasteiger partial charge in [0.25, 0.3) is 0 Å². The van der Waals surface area contributed by atoms with Crippen molar-refractivity contribution in [2.24, 2.45) is 5.92 Å². The quantitative estimate of drug-likeness (QED) is 0.807. The van der Waals surface area contributed by atoms with Gasteiger partial charge in [-0.2, -0.15) is 0 Å². The summed E-state index contributed by atoms with van der Waals surface area (Å²) in [5.74, 6) is 1.65. The van der Waals surface area contributed by atoms with Crippen LogP contribution in [0.5, 0.6) is 0 Å². The van der Waals surface area contributed by atoms with E-state index in [2.05, 4.69) is 54.9 Å². The van der Waals surface area contributed by atoms with Crippen molar-refractivity contribution in [1.82, 2.24) is 15.3 Å². The molecule has 0 aromatic carbocycles. The topological polar surface area (TPSA) is 41.1 Å². The normalized spacial score (nSPS) is 12.8. The van der Waals surface area contributed by atoms with Crippen molar-refractivity contribution in [2.75, 3.05) is 18.5 Å². The van der Waals surface area contributed by atoms with E-state index in [9.17, 15) is 0 Å². The van der Waals surface area contributed by atoms with Crippen LogP contribution >= 0.6 is 0 Å². The van der Waals surface area contributed by atoms with Gasteiger partial charge in [0.2, 0.25) is 0 Å². The highest BCUT2D eigenvalue weighted by Gasteiger charge is 2.12. The molecule has 4 heteroatoms. The van der Waals surface area contributed by atoms with Gasteiger partial charge in [0.05, 0.1) is 18.1 Å². The highest BCUT2D eigenvalue weighted by Crippen LogP contribution is 2.15. The van der Waals surface area contributed by atoms with Gasteiger partial charge in [-0.3, -0.25) is 4.98 Å². The predicted octanol–water partition coefficient (Wildman–Crippen LogP) is 2.46. The van der Waals surface area contributed by atoms with Crippen molar-refractivity contribution >= 4 is 5.82 Å².